The standard InChI is InChI=1S/C25H24N2O6/c1-15-7-5-6-8-19(15)32-14-23(28)26-17-9-10-20-18(13-17)27-25(33-20)16-11-21(29-2)24(31-4)22(12-16)30-3/h5-13H,14H2,1-4H3,(H,26,28). The molecule has 1 heterocycles. The summed E-state index contributed by atoms with van der Waals surface area (Å²) in [5, 5.41) is 2.82. The fourth-order valence-electron chi connectivity index (χ4n) is 3.39. The van der Waals surface area contributed by atoms with Crippen molar-refractivity contribution in [1.82, 2.24) is 4.98 Å². The number of para-hydroxylation sites is 1. The number of hydrogen-bond donors (Lipinski definition) is 1. The van der Waals surface area contributed by atoms with E-state index >= 15 is 0 Å². The van der Waals surface area contributed by atoms with Gasteiger partial charge < -0.3 is 28.7 Å². The molecule has 0 radical (unpaired) electrons. The molecule has 8 heteroatoms. The van der Waals surface area contributed by atoms with Crippen LogP contribution in [0.4, 0.5) is 5.69 Å². The van der Waals surface area contributed by atoms with Crippen molar-refractivity contribution in [2.24, 2.45) is 0 Å². The summed E-state index contributed by atoms with van der Waals surface area (Å²) >= 11 is 0. The highest BCUT2D eigenvalue weighted by Crippen LogP contribution is 2.41. The average Bonchev–Trinajstić information content (AvgIpc) is 3.26. The van der Waals surface area contributed by atoms with Crippen LogP contribution in [0.3, 0.4) is 0 Å². The van der Waals surface area contributed by atoms with E-state index in [1.165, 1.54) is 0 Å². The molecule has 8 nitrogen and oxygen atoms in total. The molecular formula is C25H24N2O6. The summed E-state index contributed by atoms with van der Waals surface area (Å²) in [6.45, 7) is 1.83. The van der Waals surface area contributed by atoms with Gasteiger partial charge in [-0.3, -0.25) is 4.79 Å². The molecule has 0 saturated carbocycles. The zero-order chi connectivity index (χ0) is 23.4. The minimum Gasteiger partial charge on any atom is -0.493 e. The molecule has 4 aromatic rings. The van der Waals surface area contributed by atoms with Crippen molar-refractivity contribution in [2.75, 3.05) is 33.3 Å². The van der Waals surface area contributed by atoms with Crippen LogP contribution < -0.4 is 24.3 Å². The van der Waals surface area contributed by atoms with Crippen LogP contribution in [0.15, 0.2) is 59.0 Å². The topological polar surface area (TPSA) is 92.1 Å². The molecule has 0 bridgehead atoms. The number of aromatic nitrogens is 1. The number of carbonyl (C=O) groups excluding carboxylic acids is 1. The van der Waals surface area contributed by atoms with Gasteiger partial charge in [-0.15, -0.1) is 0 Å². The predicted molar refractivity (Wildman–Crippen MR) is 124 cm³/mol. The van der Waals surface area contributed by atoms with Crippen molar-refractivity contribution in [3.63, 3.8) is 0 Å². The number of fused-ring (bicyclic) bond motifs is 1. The molecule has 4 rings (SSSR count). The molecule has 0 fully saturated rings. The molecule has 0 atom stereocenters. The maximum absolute atomic E-state index is 12.3. The van der Waals surface area contributed by atoms with Crippen LogP contribution in [0.25, 0.3) is 22.6 Å². The first-order valence-corrected chi connectivity index (χ1v) is 10.2. The molecule has 0 unspecified atom stereocenters. The van der Waals surface area contributed by atoms with Gasteiger partial charge in [-0.05, 0) is 48.9 Å². The minimum absolute atomic E-state index is 0.0988. The second-order valence-corrected chi connectivity index (χ2v) is 7.22. The largest absolute Gasteiger partial charge is 0.493 e. The molecule has 0 aliphatic heterocycles. The number of benzene rings is 3. The normalized spacial score (nSPS) is 10.7. The zero-order valence-corrected chi connectivity index (χ0v) is 18.8. The third-order valence-corrected chi connectivity index (χ3v) is 5.04. The van der Waals surface area contributed by atoms with Crippen molar-refractivity contribution in [1.29, 1.82) is 0 Å². The van der Waals surface area contributed by atoms with Crippen molar-refractivity contribution in [3.05, 3.63) is 60.2 Å². The number of ether oxygens (including phenoxy) is 4. The highest BCUT2D eigenvalue weighted by molar-refractivity contribution is 5.94. The Morgan fingerprint density at radius 2 is 1.67 bits per heavy atom. The van der Waals surface area contributed by atoms with Crippen LogP contribution >= 0.6 is 0 Å². The fraction of sp³-hybridized carbons (Fsp3) is 0.200. The molecule has 1 amide bonds. The van der Waals surface area contributed by atoms with E-state index in [-0.39, 0.29) is 12.5 Å². The van der Waals surface area contributed by atoms with Gasteiger partial charge in [0.25, 0.3) is 5.91 Å². The molecular weight excluding hydrogens is 424 g/mol. The molecule has 1 N–H and O–H groups in total. The van der Waals surface area contributed by atoms with Gasteiger partial charge in [0, 0.05) is 11.3 Å². The quantitative estimate of drug-likeness (QED) is 0.412. The van der Waals surface area contributed by atoms with Gasteiger partial charge in [0.15, 0.2) is 23.7 Å². The van der Waals surface area contributed by atoms with E-state index in [9.17, 15) is 4.79 Å². The van der Waals surface area contributed by atoms with Gasteiger partial charge >= 0.3 is 0 Å². The van der Waals surface area contributed by atoms with E-state index in [1.54, 1.807) is 51.7 Å². The van der Waals surface area contributed by atoms with Crippen molar-refractivity contribution in [2.45, 2.75) is 6.92 Å². The first kappa shape index (κ1) is 22.0. The second kappa shape index (κ2) is 9.52. The van der Waals surface area contributed by atoms with Crippen LogP contribution in [-0.4, -0.2) is 38.8 Å². The predicted octanol–water partition coefficient (Wildman–Crippen LogP) is 4.85. The van der Waals surface area contributed by atoms with E-state index in [1.807, 2.05) is 31.2 Å². The maximum Gasteiger partial charge on any atom is 0.262 e. The Kier molecular flexibility index (Phi) is 6.35. The summed E-state index contributed by atoms with van der Waals surface area (Å²) in [5.74, 6) is 2.26. The van der Waals surface area contributed by atoms with E-state index < -0.39 is 0 Å². The monoisotopic (exact) mass is 448 g/mol. The highest BCUT2D eigenvalue weighted by atomic mass is 16.5. The van der Waals surface area contributed by atoms with Crippen LogP contribution in [-0.2, 0) is 4.79 Å². The number of oxazole rings is 1. The molecule has 170 valence electrons. The first-order chi connectivity index (χ1) is 16.0. The average molecular weight is 448 g/mol. The molecule has 0 spiro atoms. The lowest BCUT2D eigenvalue weighted by Gasteiger charge is -2.12. The van der Waals surface area contributed by atoms with Crippen molar-refractivity contribution >= 4 is 22.7 Å². The van der Waals surface area contributed by atoms with E-state index in [0.29, 0.717) is 51.2 Å². The summed E-state index contributed by atoms with van der Waals surface area (Å²) in [6.07, 6.45) is 0. The fourth-order valence-corrected chi connectivity index (χ4v) is 3.39. The maximum atomic E-state index is 12.3. The lowest BCUT2D eigenvalue weighted by molar-refractivity contribution is -0.118. The van der Waals surface area contributed by atoms with Crippen LogP contribution in [0.1, 0.15) is 5.56 Å². The molecule has 3 aromatic carbocycles. The third-order valence-electron chi connectivity index (χ3n) is 5.04. The van der Waals surface area contributed by atoms with E-state index in [2.05, 4.69) is 10.3 Å². The number of nitrogens with zero attached hydrogens (tertiary/aromatic N) is 1. The number of rotatable bonds is 8. The van der Waals surface area contributed by atoms with Crippen molar-refractivity contribution in [3.8, 4) is 34.5 Å². The first-order valence-electron chi connectivity index (χ1n) is 10.2. The van der Waals surface area contributed by atoms with Gasteiger partial charge in [0.05, 0.1) is 21.3 Å². The SMILES string of the molecule is COc1cc(-c2nc3cc(NC(=O)COc4ccccc4C)ccc3o2)cc(OC)c1OC. The Hall–Kier alpha value is -4.20. The molecule has 33 heavy (non-hydrogen) atoms. The van der Waals surface area contributed by atoms with Crippen LogP contribution in [0, 0.1) is 6.92 Å². The summed E-state index contributed by atoms with van der Waals surface area (Å²) in [5.41, 5.74) is 3.39. The van der Waals surface area contributed by atoms with Gasteiger partial charge in [-0.1, -0.05) is 18.2 Å². The lowest BCUT2D eigenvalue weighted by atomic mass is 10.2. The Bertz CT molecular complexity index is 1270. The smallest absolute Gasteiger partial charge is 0.262 e. The molecule has 0 saturated heterocycles. The van der Waals surface area contributed by atoms with E-state index in [4.69, 9.17) is 23.4 Å². The number of aryl methyl sites for hydroxylation is 1. The van der Waals surface area contributed by atoms with Crippen LogP contribution in [0.5, 0.6) is 23.0 Å². The summed E-state index contributed by atoms with van der Waals surface area (Å²) in [6, 6.07) is 16.3. The number of hydrogen-bond acceptors (Lipinski definition) is 7. The Morgan fingerprint density at radius 1 is 0.939 bits per heavy atom. The summed E-state index contributed by atoms with van der Waals surface area (Å²) < 4.78 is 27.7. The van der Waals surface area contributed by atoms with Gasteiger partial charge in [-0.25, -0.2) is 4.98 Å². The second-order valence-electron chi connectivity index (χ2n) is 7.22. The Morgan fingerprint density at radius 3 is 2.33 bits per heavy atom. The minimum atomic E-state index is -0.272. The Labute approximate surface area is 191 Å². The molecule has 0 aliphatic carbocycles. The van der Waals surface area contributed by atoms with Gasteiger partial charge in [0.1, 0.15) is 11.3 Å². The molecule has 1 aromatic heterocycles. The van der Waals surface area contributed by atoms with Gasteiger partial charge in [0.2, 0.25) is 11.6 Å². The van der Waals surface area contributed by atoms with E-state index in [0.717, 1.165) is 5.56 Å². The number of carbonyl (C=O) groups is 1. The number of amides is 1. The number of methoxy groups -OCH3 is 3. The zero-order valence-electron chi connectivity index (χ0n) is 18.8. The van der Waals surface area contributed by atoms with Gasteiger partial charge in [-0.2, -0.15) is 0 Å². The lowest BCUT2D eigenvalue weighted by Crippen LogP contribution is -2.20. The third kappa shape index (κ3) is 4.69. The van der Waals surface area contributed by atoms with Crippen LogP contribution in [0.2, 0.25) is 0 Å². The number of anilines is 1. The van der Waals surface area contributed by atoms with Crippen molar-refractivity contribution < 1.29 is 28.2 Å². The highest BCUT2D eigenvalue weighted by Gasteiger charge is 2.17. The number of nitrogens with one attached hydrogen (secondary N) is 1. The Balaban J connectivity index is 1.53. The summed E-state index contributed by atoms with van der Waals surface area (Å²) in [4.78, 5) is 16.9. The summed E-state index contributed by atoms with van der Waals surface area (Å²) in [7, 11) is 4.64. The molecule has 0 aliphatic rings.